The second kappa shape index (κ2) is 15.1. The van der Waals surface area contributed by atoms with E-state index in [-0.39, 0.29) is 5.97 Å². The fraction of sp³-hybridized carbons (Fsp3) is 0.412. The molecule has 1 aliphatic rings. The number of hydrogen-bond donors (Lipinski definition) is 0. The van der Waals surface area contributed by atoms with Crippen LogP contribution in [-0.4, -0.2) is 25.2 Å². The van der Waals surface area contributed by atoms with Crippen LogP contribution in [0.4, 0.5) is 0 Å². The van der Waals surface area contributed by atoms with Gasteiger partial charge in [-0.3, -0.25) is 0 Å². The molecule has 0 unspecified atom stereocenters. The fourth-order valence-corrected chi connectivity index (χ4v) is 4.89. The van der Waals surface area contributed by atoms with E-state index in [1.807, 2.05) is 36.4 Å². The minimum atomic E-state index is -0.448. The summed E-state index contributed by atoms with van der Waals surface area (Å²) in [4.78, 5) is 24.9. The molecule has 5 nitrogen and oxygen atoms in total. The molecule has 0 aliphatic heterocycles. The Morgan fingerprint density at radius 2 is 1.21 bits per heavy atom. The lowest BCUT2D eigenvalue weighted by Gasteiger charge is -2.10. The van der Waals surface area contributed by atoms with E-state index >= 15 is 0 Å². The number of esters is 2. The molecule has 3 aromatic rings. The number of unbranched alkanes of at least 4 members (excludes halogenated alkanes) is 5. The van der Waals surface area contributed by atoms with Crippen molar-refractivity contribution < 1.29 is 23.8 Å². The third kappa shape index (κ3) is 8.98. The number of ether oxygens (including phenoxy) is 3. The van der Waals surface area contributed by atoms with Gasteiger partial charge in [0, 0.05) is 0 Å². The van der Waals surface area contributed by atoms with Gasteiger partial charge in [-0.2, -0.15) is 0 Å². The summed E-state index contributed by atoms with van der Waals surface area (Å²) in [7, 11) is 0. The zero-order valence-corrected chi connectivity index (χ0v) is 23.0. The first-order chi connectivity index (χ1) is 19.1. The van der Waals surface area contributed by atoms with Crippen LogP contribution in [0.3, 0.4) is 0 Å². The lowest BCUT2D eigenvalue weighted by Crippen LogP contribution is -2.12. The van der Waals surface area contributed by atoms with E-state index in [0.717, 1.165) is 42.7 Å². The van der Waals surface area contributed by atoms with Crippen LogP contribution in [0.2, 0.25) is 0 Å². The lowest BCUT2D eigenvalue weighted by atomic mass is 10.0. The van der Waals surface area contributed by atoms with Crippen molar-refractivity contribution in [2.45, 2.75) is 71.1 Å². The molecular weight excluding hydrogens is 488 g/mol. The Morgan fingerprint density at radius 3 is 1.87 bits per heavy atom. The summed E-state index contributed by atoms with van der Waals surface area (Å²) >= 11 is 0. The summed E-state index contributed by atoms with van der Waals surface area (Å²) in [5.41, 5.74) is 2.97. The Labute approximate surface area is 232 Å². The number of benzene rings is 3. The number of carbonyl (C=O) groups is 2. The summed E-state index contributed by atoms with van der Waals surface area (Å²) < 4.78 is 16.8. The topological polar surface area (TPSA) is 61.8 Å². The molecule has 0 amide bonds. The van der Waals surface area contributed by atoms with Gasteiger partial charge in [0.05, 0.1) is 24.3 Å². The van der Waals surface area contributed by atoms with Crippen LogP contribution < -0.4 is 9.47 Å². The molecule has 4 rings (SSSR count). The van der Waals surface area contributed by atoms with E-state index in [1.165, 1.54) is 44.9 Å². The summed E-state index contributed by atoms with van der Waals surface area (Å²) in [5, 5.41) is 0. The SMILES string of the molecule is CCCCCCCCOc1ccc(-c2ccc(C(=O)Oc3ccc(C(=O)OCC4CCCC4)cc3)cc2)cc1. The van der Waals surface area contributed by atoms with E-state index in [9.17, 15) is 9.59 Å². The second-order valence-corrected chi connectivity index (χ2v) is 10.4. The third-order valence-electron chi connectivity index (χ3n) is 7.30. The van der Waals surface area contributed by atoms with Crippen LogP contribution in [0.1, 0.15) is 91.8 Å². The van der Waals surface area contributed by atoms with Gasteiger partial charge in [-0.05, 0) is 84.8 Å². The van der Waals surface area contributed by atoms with Crippen LogP contribution >= 0.6 is 0 Å². The molecular formula is C34H40O5. The van der Waals surface area contributed by atoms with Crippen LogP contribution in [0.5, 0.6) is 11.5 Å². The Hall–Kier alpha value is -3.60. The van der Waals surface area contributed by atoms with Crippen LogP contribution in [0, 0.1) is 5.92 Å². The molecule has 206 valence electrons. The lowest BCUT2D eigenvalue weighted by molar-refractivity contribution is 0.0442. The molecule has 5 heteroatoms. The molecule has 0 radical (unpaired) electrons. The maximum absolute atomic E-state index is 12.6. The molecule has 0 saturated heterocycles. The van der Waals surface area contributed by atoms with Crippen LogP contribution in [-0.2, 0) is 4.74 Å². The molecule has 0 heterocycles. The first kappa shape index (κ1) is 28.4. The average molecular weight is 529 g/mol. The number of hydrogen-bond acceptors (Lipinski definition) is 5. The average Bonchev–Trinajstić information content (AvgIpc) is 3.50. The standard InChI is InChI=1S/C34H40O5/c1-2-3-4-5-6-9-24-37-31-20-16-28(17-21-31)27-12-14-30(15-13-27)34(36)39-32-22-18-29(19-23-32)33(35)38-25-26-10-7-8-11-26/h12-23,26H,2-11,24-25H2,1H3. The highest BCUT2D eigenvalue weighted by Crippen LogP contribution is 2.26. The quantitative estimate of drug-likeness (QED) is 0.119. The summed E-state index contributed by atoms with van der Waals surface area (Å²) in [6, 6.07) is 21.9. The molecule has 1 fully saturated rings. The van der Waals surface area contributed by atoms with Crippen molar-refractivity contribution in [2.24, 2.45) is 5.92 Å². The van der Waals surface area contributed by atoms with Gasteiger partial charge in [0.1, 0.15) is 11.5 Å². The first-order valence-corrected chi connectivity index (χ1v) is 14.4. The van der Waals surface area contributed by atoms with Gasteiger partial charge in [-0.1, -0.05) is 76.1 Å². The molecule has 1 aliphatic carbocycles. The highest BCUT2D eigenvalue weighted by molar-refractivity contribution is 5.92. The van der Waals surface area contributed by atoms with Gasteiger partial charge < -0.3 is 14.2 Å². The van der Waals surface area contributed by atoms with Crippen LogP contribution in [0.15, 0.2) is 72.8 Å². The highest BCUT2D eigenvalue weighted by Gasteiger charge is 2.18. The normalized spacial score (nSPS) is 13.3. The van der Waals surface area contributed by atoms with E-state index in [1.54, 1.807) is 36.4 Å². The number of carbonyl (C=O) groups excluding carboxylic acids is 2. The van der Waals surface area contributed by atoms with Crippen molar-refractivity contribution >= 4 is 11.9 Å². The predicted octanol–water partition coefficient (Wildman–Crippen LogP) is 8.66. The molecule has 0 atom stereocenters. The Balaban J connectivity index is 1.22. The van der Waals surface area contributed by atoms with E-state index < -0.39 is 5.97 Å². The zero-order chi connectivity index (χ0) is 27.3. The second-order valence-electron chi connectivity index (χ2n) is 10.4. The zero-order valence-electron chi connectivity index (χ0n) is 23.0. The van der Waals surface area contributed by atoms with E-state index in [2.05, 4.69) is 6.92 Å². The maximum atomic E-state index is 12.6. The van der Waals surface area contributed by atoms with E-state index in [4.69, 9.17) is 14.2 Å². The molecule has 3 aromatic carbocycles. The molecule has 0 aromatic heterocycles. The van der Waals surface area contributed by atoms with Gasteiger partial charge in [0.15, 0.2) is 0 Å². The summed E-state index contributed by atoms with van der Waals surface area (Å²) in [5.74, 6) is 0.951. The summed E-state index contributed by atoms with van der Waals surface area (Å²) in [6.07, 6.45) is 12.2. The Morgan fingerprint density at radius 1 is 0.667 bits per heavy atom. The van der Waals surface area contributed by atoms with Gasteiger partial charge >= 0.3 is 11.9 Å². The molecule has 1 saturated carbocycles. The number of rotatable bonds is 14. The highest BCUT2D eigenvalue weighted by atomic mass is 16.5. The smallest absolute Gasteiger partial charge is 0.343 e. The molecule has 0 bridgehead atoms. The van der Waals surface area contributed by atoms with Gasteiger partial charge in [-0.25, -0.2) is 9.59 Å². The summed E-state index contributed by atoms with van der Waals surface area (Å²) in [6.45, 7) is 3.45. The first-order valence-electron chi connectivity index (χ1n) is 14.4. The van der Waals surface area contributed by atoms with Crippen molar-refractivity contribution in [1.82, 2.24) is 0 Å². The van der Waals surface area contributed by atoms with Crippen molar-refractivity contribution in [3.05, 3.63) is 83.9 Å². The maximum Gasteiger partial charge on any atom is 0.343 e. The monoisotopic (exact) mass is 528 g/mol. The third-order valence-corrected chi connectivity index (χ3v) is 7.30. The predicted molar refractivity (Wildman–Crippen MR) is 154 cm³/mol. The minimum absolute atomic E-state index is 0.340. The Bertz CT molecular complexity index is 1160. The van der Waals surface area contributed by atoms with Crippen LogP contribution in [0.25, 0.3) is 11.1 Å². The van der Waals surface area contributed by atoms with E-state index in [0.29, 0.717) is 29.4 Å². The van der Waals surface area contributed by atoms with Gasteiger partial charge in [0.25, 0.3) is 0 Å². The van der Waals surface area contributed by atoms with Gasteiger partial charge in [-0.15, -0.1) is 0 Å². The molecule has 0 N–H and O–H groups in total. The van der Waals surface area contributed by atoms with Crippen molar-refractivity contribution in [2.75, 3.05) is 13.2 Å². The fourth-order valence-electron chi connectivity index (χ4n) is 4.89. The molecule has 0 spiro atoms. The molecule has 39 heavy (non-hydrogen) atoms. The van der Waals surface area contributed by atoms with Gasteiger partial charge in [0.2, 0.25) is 0 Å². The van der Waals surface area contributed by atoms with Crippen molar-refractivity contribution in [3.63, 3.8) is 0 Å². The largest absolute Gasteiger partial charge is 0.494 e. The van der Waals surface area contributed by atoms with Crippen molar-refractivity contribution in [1.29, 1.82) is 0 Å². The van der Waals surface area contributed by atoms with Crippen molar-refractivity contribution in [3.8, 4) is 22.6 Å². The minimum Gasteiger partial charge on any atom is -0.494 e. The Kier molecular flexibility index (Phi) is 11.0.